The highest BCUT2D eigenvalue weighted by atomic mass is 79.9. The highest BCUT2D eigenvalue weighted by Gasteiger charge is 2.17. The summed E-state index contributed by atoms with van der Waals surface area (Å²) in [6.45, 7) is 1.76. The summed E-state index contributed by atoms with van der Waals surface area (Å²) in [5.41, 5.74) is 2.26. The second kappa shape index (κ2) is 6.32. The fraction of sp³-hybridized carbons (Fsp3) is 0.267. The van der Waals surface area contributed by atoms with Gasteiger partial charge in [0.1, 0.15) is 0 Å². The van der Waals surface area contributed by atoms with Crippen LogP contribution in [0, 0.1) is 0 Å². The summed E-state index contributed by atoms with van der Waals surface area (Å²) in [6, 6.07) is 7.91. The molecule has 0 atom stereocenters. The van der Waals surface area contributed by atoms with Crippen LogP contribution in [0.2, 0.25) is 0 Å². The second-order valence-corrected chi connectivity index (χ2v) is 5.48. The largest absolute Gasteiger partial charge is 0.481 e. The van der Waals surface area contributed by atoms with Crippen LogP contribution < -0.4 is 19.5 Å². The minimum atomic E-state index is 0.279. The SMILES string of the molecule is COc1cc(CNCc2cc(Br)c3c(c2)OCO3)ccn1. The number of hydrogen-bond donors (Lipinski definition) is 1. The first kappa shape index (κ1) is 14.2. The lowest BCUT2D eigenvalue weighted by atomic mass is 10.2. The van der Waals surface area contributed by atoms with Gasteiger partial charge in [-0.15, -0.1) is 0 Å². The van der Waals surface area contributed by atoms with E-state index < -0.39 is 0 Å². The number of halogens is 1. The molecule has 1 aliphatic heterocycles. The van der Waals surface area contributed by atoms with E-state index in [0.717, 1.165) is 40.2 Å². The molecular weight excluding hydrogens is 336 g/mol. The van der Waals surface area contributed by atoms with Crippen molar-refractivity contribution >= 4 is 15.9 Å². The van der Waals surface area contributed by atoms with Crippen LogP contribution in [0.3, 0.4) is 0 Å². The maximum absolute atomic E-state index is 5.41. The molecule has 110 valence electrons. The van der Waals surface area contributed by atoms with Crippen molar-refractivity contribution in [3.05, 3.63) is 46.1 Å². The Morgan fingerprint density at radius 3 is 2.95 bits per heavy atom. The van der Waals surface area contributed by atoms with Crippen molar-refractivity contribution in [3.8, 4) is 17.4 Å². The number of nitrogens with one attached hydrogen (secondary N) is 1. The summed E-state index contributed by atoms with van der Waals surface area (Å²) in [7, 11) is 1.61. The van der Waals surface area contributed by atoms with E-state index in [1.54, 1.807) is 13.3 Å². The zero-order chi connectivity index (χ0) is 14.7. The van der Waals surface area contributed by atoms with E-state index in [9.17, 15) is 0 Å². The standard InChI is InChI=1S/C15H15BrN2O3/c1-19-14-6-10(2-3-18-14)7-17-8-11-4-12(16)15-13(5-11)20-9-21-15/h2-6,17H,7-9H2,1H3. The van der Waals surface area contributed by atoms with Crippen LogP contribution in [0.4, 0.5) is 0 Å². The third-order valence-corrected chi connectivity index (χ3v) is 3.74. The highest BCUT2D eigenvalue weighted by Crippen LogP contribution is 2.39. The van der Waals surface area contributed by atoms with Crippen molar-refractivity contribution in [2.75, 3.05) is 13.9 Å². The average molecular weight is 351 g/mol. The van der Waals surface area contributed by atoms with Crippen molar-refractivity contribution in [1.29, 1.82) is 0 Å². The van der Waals surface area contributed by atoms with Crippen LogP contribution in [0.15, 0.2) is 34.9 Å². The van der Waals surface area contributed by atoms with Crippen LogP contribution in [0.1, 0.15) is 11.1 Å². The molecule has 2 heterocycles. The number of ether oxygens (including phenoxy) is 3. The van der Waals surface area contributed by atoms with E-state index in [1.807, 2.05) is 24.3 Å². The van der Waals surface area contributed by atoms with E-state index in [-0.39, 0.29) is 6.79 Å². The zero-order valence-corrected chi connectivity index (χ0v) is 13.1. The summed E-state index contributed by atoms with van der Waals surface area (Å²) in [6.07, 6.45) is 1.74. The van der Waals surface area contributed by atoms with Gasteiger partial charge in [-0.05, 0) is 45.3 Å². The van der Waals surface area contributed by atoms with Crippen molar-refractivity contribution < 1.29 is 14.2 Å². The van der Waals surface area contributed by atoms with Gasteiger partial charge in [0.05, 0.1) is 11.6 Å². The molecule has 0 radical (unpaired) electrons. The molecule has 0 fully saturated rings. The summed E-state index contributed by atoms with van der Waals surface area (Å²) < 4.78 is 16.8. The Labute approximate surface area is 131 Å². The van der Waals surface area contributed by atoms with Gasteiger partial charge in [0.2, 0.25) is 12.7 Å². The maximum atomic E-state index is 5.41. The first-order valence-corrected chi connectivity index (χ1v) is 7.33. The van der Waals surface area contributed by atoms with Crippen LogP contribution >= 0.6 is 15.9 Å². The third-order valence-electron chi connectivity index (χ3n) is 3.15. The van der Waals surface area contributed by atoms with Gasteiger partial charge in [-0.2, -0.15) is 0 Å². The molecule has 0 saturated carbocycles. The van der Waals surface area contributed by atoms with Crippen molar-refractivity contribution in [1.82, 2.24) is 10.3 Å². The van der Waals surface area contributed by atoms with Crippen molar-refractivity contribution in [3.63, 3.8) is 0 Å². The summed E-state index contributed by atoms with van der Waals surface area (Å²) in [5.74, 6) is 2.18. The van der Waals surface area contributed by atoms with Crippen molar-refractivity contribution in [2.24, 2.45) is 0 Å². The molecule has 0 unspecified atom stereocenters. The van der Waals surface area contributed by atoms with Crippen molar-refractivity contribution in [2.45, 2.75) is 13.1 Å². The molecule has 1 aliphatic rings. The summed E-state index contributed by atoms with van der Waals surface area (Å²) >= 11 is 3.50. The molecule has 1 N–H and O–H groups in total. The number of nitrogens with zero attached hydrogens (tertiary/aromatic N) is 1. The van der Waals surface area contributed by atoms with Gasteiger partial charge in [-0.3, -0.25) is 0 Å². The molecule has 2 aromatic rings. The fourth-order valence-corrected chi connectivity index (χ4v) is 2.75. The lowest BCUT2D eigenvalue weighted by Crippen LogP contribution is -2.12. The molecule has 5 nitrogen and oxygen atoms in total. The Balaban J connectivity index is 1.61. The smallest absolute Gasteiger partial charge is 0.231 e. The number of aromatic nitrogens is 1. The second-order valence-electron chi connectivity index (χ2n) is 4.62. The van der Waals surface area contributed by atoms with Crippen LogP contribution in [-0.4, -0.2) is 18.9 Å². The number of pyridine rings is 1. The molecule has 6 heteroatoms. The predicted octanol–water partition coefficient (Wildman–Crippen LogP) is 2.87. The number of rotatable bonds is 5. The Kier molecular flexibility index (Phi) is 4.26. The molecule has 21 heavy (non-hydrogen) atoms. The van der Waals surface area contributed by atoms with E-state index in [1.165, 1.54) is 0 Å². The van der Waals surface area contributed by atoms with E-state index in [4.69, 9.17) is 14.2 Å². The molecule has 0 aliphatic carbocycles. The first-order chi connectivity index (χ1) is 10.3. The van der Waals surface area contributed by atoms with Gasteiger partial charge in [0.15, 0.2) is 11.5 Å². The summed E-state index contributed by atoms with van der Waals surface area (Å²) in [5, 5.41) is 3.39. The van der Waals surface area contributed by atoms with Gasteiger partial charge in [0.25, 0.3) is 0 Å². The molecule has 1 aromatic carbocycles. The molecular formula is C15H15BrN2O3. The Hall–Kier alpha value is -1.79. The minimum Gasteiger partial charge on any atom is -0.481 e. The van der Waals surface area contributed by atoms with Crippen LogP contribution in [0.25, 0.3) is 0 Å². The number of fused-ring (bicyclic) bond motifs is 1. The van der Waals surface area contributed by atoms with Crippen LogP contribution in [0.5, 0.6) is 17.4 Å². The molecule has 3 rings (SSSR count). The molecule has 0 spiro atoms. The Bertz CT molecular complexity index is 649. The quantitative estimate of drug-likeness (QED) is 0.898. The van der Waals surface area contributed by atoms with E-state index >= 15 is 0 Å². The van der Waals surface area contributed by atoms with Gasteiger partial charge in [0, 0.05) is 25.4 Å². The first-order valence-electron chi connectivity index (χ1n) is 6.54. The topological polar surface area (TPSA) is 52.6 Å². The lowest BCUT2D eigenvalue weighted by Gasteiger charge is -2.08. The predicted molar refractivity (Wildman–Crippen MR) is 81.6 cm³/mol. The Morgan fingerprint density at radius 1 is 1.24 bits per heavy atom. The Morgan fingerprint density at radius 2 is 2.10 bits per heavy atom. The zero-order valence-electron chi connectivity index (χ0n) is 11.6. The van der Waals surface area contributed by atoms with E-state index in [0.29, 0.717) is 5.88 Å². The maximum Gasteiger partial charge on any atom is 0.231 e. The average Bonchev–Trinajstić information content (AvgIpc) is 2.96. The van der Waals surface area contributed by atoms with E-state index in [2.05, 4.69) is 26.2 Å². The normalized spacial score (nSPS) is 12.5. The van der Waals surface area contributed by atoms with Gasteiger partial charge in [-0.1, -0.05) is 0 Å². The number of methoxy groups -OCH3 is 1. The minimum absolute atomic E-state index is 0.279. The van der Waals surface area contributed by atoms with Gasteiger partial charge < -0.3 is 19.5 Å². The third kappa shape index (κ3) is 3.28. The highest BCUT2D eigenvalue weighted by molar-refractivity contribution is 9.10. The van der Waals surface area contributed by atoms with Gasteiger partial charge >= 0.3 is 0 Å². The van der Waals surface area contributed by atoms with Gasteiger partial charge in [-0.25, -0.2) is 4.98 Å². The molecule has 0 bridgehead atoms. The van der Waals surface area contributed by atoms with Crippen LogP contribution in [-0.2, 0) is 13.1 Å². The fourth-order valence-electron chi connectivity index (χ4n) is 2.15. The monoisotopic (exact) mass is 350 g/mol. The molecule has 0 saturated heterocycles. The molecule has 1 aromatic heterocycles. The number of hydrogen-bond acceptors (Lipinski definition) is 5. The summed E-state index contributed by atoms with van der Waals surface area (Å²) in [4.78, 5) is 4.09. The molecule has 0 amide bonds. The lowest BCUT2D eigenvalue weighted by molar-refractivity contribution is 0.173. The number of benzene rings is 1.